The summed E-state index contributed by atoms with van der Waals surface area (Å²) in [5.74, 6) is 0.445. The number of carbonyl (C=O) groups excluding carboxylic acids is 1. The molecular formula is C26H28ClN7O4S. The number of piperazine rings is 1. The quantitative estimate of drug-likeness (QED) is 0.349. The summed E-state index contributed by atoms with van der Waals surface area (Å²) in [4.78, 5) is 25.7. The molecule has 0 atom stereocenters. The van der Waals surface area contributed by atoms with Gasteiger partial charge in [-0.3, -0.25) is 14.3 Å². The van der Waals surface area contributed by atoms with Crippen molar-refractivity contribution in [2.75, 3.05) is 44.8 Å². The molecule has 1 aliphatic heterocycles. The zero-order valence-corrected chi connectivity index (χ0v) is 23.2. The van der Waals surface area contributed by atoms with E-state index in [4.69, 9.17) is 16.2 Å². The van der Waals surface area contributed by atoms with E-state index >= 15 is 0 Å². The largest absolute Gasteiger partial charge is 0.336 e. The van der Waals surface area contributed by atoms with Crippen molar-refractivity contribution in [3.05, 3.63) is 71.0 Å². The molecule has 1 saturated heterocycles. The van der Waals surface area contributed by atoms with E-state index in [-0.39, 0.29) is 5.91 Å². The minimum Gasteiger partial charge on any atom is -0.336 e. The van der Waals surface area contributed by atoms with Gasteiger partial charge in [-0.1, -0.05) is 11.6 Å². The maximum Gasteiger partial charge on any atom is 0.261 e. The Kier molecular flexibility index (Phi) is 8.70. The van der Waals surface area contributed by atoms with Crippen LogP contribution < -0.4 is 5.32 Å². The molecule has 0 spiro atoms. The SMILES string of the molecule is CS(=O)(=O)O.Cc1cc2nc(Nc3ccc(C(=O)N4CCN(C)CC4)cc3)nnc2cc1-c1cnccc1Cl. The minimum absolute atomic E-state index is 0.0586. The molecular weight excluding hydrogens is 542 g/mol. The van der Waals surface area contributed by atoms with E-state index in [0.717, 1.165) is 54.1 Å². The topological polar surface area (TPSA) is 142 Å². The molecule has 5 rings (SSSR count). The lowest BCUT2D eigenvalue weighted by molar-refractivity contribution is 0.0664. The molecule has 0 unspecified atom stereocenters. The van der Waals surface area contributed by atoms with Gasteiger partial charge in [0, 0.05) is 55.4 Å². The van der Waals surface area contributed by atoms with Gasteiger partial charge in [0.15, 0.2) is 0 Å². The highest BCUT2D eigenvalue weighted by atomic mass is 35.5. The predicted molar refractivity (Wildman–Crippen MR) is 151 cm³/mol. The van der Waals surface area contributed by atoms with Crippen molar-refractivity contribution in [3.63, 3.8) is 0 Å². The van der Waals surface area contributed by atoms with Gasteiger partial charge in [0.1, 0.15) is 5.52 Å². The molecule has 2 aromatic heterocycles. The van der Waals surface area contributed by atoms with Crippen LogP contribution in [0.4, 0.5) is 11.6 Å². The third-order valence-electron chi connectivity index (χ3n) is 6.04. The Hall–Kier alpha value is -3.71. The highest BCUT2D eigenvalue weighted by Crippen LogP contribution is 2.31. The highest BCUT2D eigenvalue weighted by molar-refractivity contribution is 7.85. The average molecular weight is 570 g/mol. The lowest BCUT2D eigenvalue weighted by Crippen LogP contribution is -2.47. The summed E-state index contributed by atoms with van der Waals surface area (Å²) in [5, 5.41) is 12.4. The van der Waals surface area contributed by atoms with E-state index in [9.17, 15) is 13.2 Å². The van der Waals surface area contributed by atoms with Crippen molar-refractivity contribution < 1.29 is 17.8 Å². The van der Waals surface area contributed by atoms with Crippen molar-refractivity contribution >= 4 is 50.3 Å². The number of nitrogens with zero attached hydrogens (tertiary/aromatic N) is 6. The predicted octanol–water partition coefficient (Wildman–Crippen LogP) is 3.68. The van der Waals surface area contributed by atoms with Crippen LogP contribution in [0, 0.1) is 6.92 Å². The van der Waals surface area contributed by atoms with E-state index < -0.39 is 10.1 Å². The first-order chi connectivity index (χ1) is 18.5. The third-order valence-corrected chi connectivity index (χ3v) is 6.37. The summed E-state index contributed by atoms with van der Waals surface area (Å²) in [7, 11) is -1.59. The smallest absolute Gasteiger partial charge is 0.261 e. The molecule has 0 saturated carbocycles. The monoisotopic (exact) mass is 569 g/mol. The maximum absolute atomic E-state index is 12.7. The van der Waals surface area contributed by atoms with E-state index in [1.54, 1.807) is 18.5 Å². The van der Waals surface area contributed by atoms with Crippen molar-refractivity contribution in [2.24, 2.45) is 0 Å². The van der Waals surface area contributed by atoms with Gasteiger partial charge >= 0.3 is 0 Å². The fourth-order valence-electron chi connectivity index (χ4n) is 4.02. The van der Waals surface area contributed by atoms with Gasteiger partial charge in [0.25, 0.3) is 16.0 Å². The number of pyridine rings is 1. The number of rotatable bonds is 4. The molecule has 11 nitrogen and oxygen atoms in total. The van der Waals surface area contributed by atoms with Crippen LogP contribution in [0.1, 0.15) is 15.9 Å². The number of aromatic nitrogens is 4. The zero-order valence-electron chi connectivity index (χ0n) is 21.7. The Morgan fingerprint density at radius 3 is 2.31 bits per heavy atom. The number of benzene rings is 2. The van der Waals surface area contributed by atoms with Crippen LogP contribution in [0.15, 0.2) is 54.9 Å². The van der Waals surface area contributed by atoms with Crippen molar-refractivity contribution in [1.29, 1.82) is 0 Å². The first kappa shape index (κ1) is 28.3. The van der Waals surface area contributed by atoms with Crippen molar-refractivity contribution in [3.8, 4) is 11.1 Å². The fourth-order valence-corrected chi connectivity index (χ4v) is 4.23. The number of hydrogen-bond donors (Lipinski definition) is 2. The van der Waals surface area contributed by atoms with Crippen LogP contribution in [-0.2, 0) is 10.1 Å². The standard InChI is InChI=1S/C25H24ClN7O.CH4O3S/c1-16-13-22-23(14-19(16)20-15-27-8-7-21(20)26)30-31-25(29-22)28-18-5-3-17(4-6-18)24(34)33-11-9-32(2)10-12-33;1-5(2,3)4/h3-8,13-15H,9-12H2,1-2H3,(H,28,29,31);1H3,(H,2,3,4). The van der Waals surface area contributed by atoms with Gasteiger partial charge in [-0.25, -0.2) is 4.98 Å². The molecule has 2 N–H and O–H groups in total. The Morgan fingerprint density at radius 1 is 1.00 bits per heavy atom. The molecule has 1 fully saturated rings. The van der Waals surface area contributed by atoms with Gasteiger partial charge in [-0.15, -0.1) is 10.2 Å². The number of likely N-dealkylation sites (N-methyl/N-ethyl adjacent to an activating group) is 1. The lowest BCUT2D eigenvalue weighted by atomic mass is 10.0. The normalized spacial score (nSPS) is 14.0. The zero-order chi connectivity index (χ0) is 28.2. The van der Waals surface area contributed by atoms with Gasteiger partial charge in [0.05, 0.1) is 16.8 Å². The Labute approximate surface area is 231 Å². The summed E-state index contributed by atoms with van der Waals surface area (Å²) in [6.07, 6.45) is 4.12. The summed E-state index contributed by atoms with van der Waals surface area (Å²) in [5.41, 5.74) is 5.65. The van der Waals surface area contributed by atoms with Crippen LogP contribution in [0.3, 0.4) is 0 Å². The maximum atomic E-state index is 12.7. The molecule has 0 bridgehead atoms. The Morgan fingerprint density at radius 2 is 1.67 bits per heavy atom. The molecule has 1 aliphatic rings. The molecule has 39 heavy (non-hydrogen) atoms. The molecule has 13 heteroatoms. The van der Waals surface area contributed by atoms with Crippen molar-refractivity contribution in [2.45, 2.75) is 6.92 Å². The van der Waals surface area contributed by atoms with Crippen LogP contribution in [0.2, 0.25) is 5.02 Å². The number of anilines is 2. The van der Waals surface area contributed by atoms with E-state index in [2.05, 4.69) is 37.4 Å². The van der Waals surface area contributed by atoms with E-state index in [1.165, 1.54) is 0 Å². The highest BCUT2D eigenvalue weighted by Gasteiger charge is 2.20. The van der Waals surface area contributed by atoms with Crippen LogP contribution in [0.25, 0.3) is 22.2 Å². The summed E-state index contributed by atoms with van der Waals surface area (Å²) >= 11 is 6.35. The molecule has 3 heterocycles. The molecule has 204 valence electrons. The molecule has 0 aliphatic carbocycles. The first-order valence-electron chi connectivity index (χ1n) is 12.0. The van der Waals surface area contributed by atoms with Crippen molar-refractivity contribution in [1.82, 2.24) is 30.0 Å². The second-order valence-electron chi connectivity index (χ2n) is 9.18. The van der Waals surface area contributed by atoms with Crippen LogP contribution >= 0.6 is 11.6 Å². The molecule has 1 amide bonds. The number of fused-ring (bicyclic) bond motifs is 1. The van der Waals surface area contributed by atoms with E-state index in [1.807, 2.05) is 48.2 Å². The number of aryl methyl sites for hydroxylation is 1. The summed E-state index contributed by atoms with van der Waals surface area (Å²) in [6.45, 7) is 5.30. The fraction of sp³-hybridized carbons (Fsp3) is 0.269. The average Bonchev–Trinajstić information content (AvgIpc) is 2.88. The second-order valence-corrected chi connectivity index (χ2v) is 11.1. The lowest BCUT2D eigenvalue weighted by Gasteiger charge is -2.32. The number of halogens is 1. The van der Waals surface area contributed by atoms with Gasteiger partial charge < -0.3 is 15.1 Å². The third kappa shape index (κ3) is 7.67. The first-order valence-corrected chi connectivity index (χ1v) is 14.2. The van der Waals surface area contributed by atoms with Gasteiger partial charge in [-0.2, -0.15) is 8.42 Å². The summed E-state index contributed by atoms with van der Waals surface area (Å²) < 4.78 is 25.9. The number of amides is 1. The minimum atomic E-state index is -3.67. The molecule has 2 aromatic carbocycles. The molecule has 0 radical (unpaired) electrons. The van der Waals surface area contributed by atoms with E-state index in [0.29, 0.717) is 28.3 Å². The second kappa shape index (κ2) is 12.0. The van der Waals surface area contributed by atoms with Crippen LogP contribution in [0.5, 0.6) is 0 Å². The number of carbonyl (C=O) groups is 1. The van der Waals surface area contributed by atoms with Crippen LogP contribution in [-0.4, -0.2) is 88.3 Å². The Balaban J connectivity index is 0.000000648. The van der Waals surface area contributed by atoms with Gasteiger partial charge in [0.2, 0.25) is 5.95 Å². The molecule has 4 aromatic rings. The van der Waals surface area contributed by atoms with Gasteiger partial charge in [-0.05, 0) is 67.6 Å². The number of nitrogens with one attached hydrogen (secondary N) is 1. The summed E-state index contributed by atoms with van der Waals surface area (Å²) in [6, 6.07) is 13.0. The number of hydrogen-bond acceptors (Lipinski definition) is 9. The Bertz CT molecular complexity index is 1580.